The van der Waals surface area contributed by atoms with Crippen LogP contribution in [0.2, 0.25) is 0 Å². The number of aliphatic hydroxyl groups excluding tert-OH is 3. The van der Waals surface area contributed by atoms with Crippen molar-refractivity contribution in [2.75, 3.05) is 6.61 Å². The minimum absolute atomic E-state index is 0.0520. The number of hydrogen-bond donors (Lipinski definition) is 4. The summed E-state index contributed by atoms with van der Waals surface area (Å²) in [6.07, 6.45) is -6.54. The van der Waals surface area contributed by atoms with E-state index < -0.39 is 42.5 Å². The average Bonchev–Trinajstić information content (AvgIpc) is 2.61. The third-order valence-corrected chi connectivity index (χ3v) is 2.80. The Morgan fingerprint density at radius 3 is 2.59 bits per heavy atom. The van der Waals surface area contributed by atoms with Gasteiger partial charge in [-0.3, -0.25) is 10.1 Å². The first-order valence-corrected chi connectivity index (χ1v) is 5.17. The number of rotatable bonds is 2. The van der Waals surface area contributed by atoms with Gasteiger partial charge >= 0.3 is 6.09 Å². The van der Waals surface area contributed by atoms with Crippen LogP contribution in [-0.2, 0) is 14.3 Å². The first-order chi connectivity index (χ1) is 8.02. The number of aliphatic hydroxyl groups is 3. The predicted molar refractivity (Wildman–Crippen MR) is 50.8 cm³/mol. The zero-order valence-electron chi connectivity index (χ0n) is 8.78. The van der Waals surface area contributed by atoms with E-state index >= 15 is 0 Å². The second-order valence-electron chi connectivity index (χ2n) is 4.01. The largest absolute Gasteiger partial charge is 0.433 e. The molecule has 2 aliphatic rings. The summed E-state index contributed by atoms with van der Waals surface area (Å²) in [5, 5.41) is 30.1. The molecule has 5 atom stereocenters. The van der Waals surface area contributed by atoms with E-state index in [1.165, 1.54) is 0 Å². The van der Waals surface area contributed by atoms with E-state index in [1.54, 1.807) is 0 Å². The van der Waals surface area contributed by atoms with Crippen molar-refractivity contribution >= 4 is 12.0 Å². The molecule has 2 heterocycles. The van der Waals surface area contributed by atoms with Crippen LogP contribution in [0.15, 0.2) is 0 Å². The van der Waals surface area contributed by atoms with Crippen molar-refractivity contribution in [2.45, 2.75) is 36.9 Å². The minimum atomic E-state index is -1.35. The summed E-state index contributed by atoms with van der Waals surface area (Å²) in [4.78, 5) is 22.2. The third kappa shape index (κ3) is 2.25. The Morgan fingerprint density at radius 2 is 2.06 bits per heavy atom. The molecule has 5 unspecified atom stereocenters. The van der Waals surface area contributed by atoms with Crippen molar-refractivity contribution < 1.29 is 34.4 Å². The Kier molecular flexibility index (Phi) is 3.29. The summed E-state index contributed by atoms with van der Waals surface area (Å²) in [7, 11) is 0. The summed E-state index contributed by atoms with van der Waals surface area (Å²) in [5.74, 6) is -0.732. The SMILES string of the molecule is O=C1NC(=O)C(C2OC(CO)CC(O)C2O)O1. The second kappa shape index (κ2) is 4.57. The molecule has 2 rings (SSSR count). The lowest BCUT2D eigenvalue weighted by Gasteiger charge is -2.37. The lowest BCUT2D eigenvalue weighted by Crippen LogP contribution is -2.55. The number of imide groups is 1. The Labute approximate surface area is 96.1 Å². The highest BCUT2D eigenvalue weighted by atomic mass is 16.6. The number of amides is 2. The van der Waals surface area contributed by atoms with Crippen molar-refractivity contribution in [3.05, 3.63) is 0 Å². The third-order valence-electron chi connectivity index (χ3n) is 2.80. The van der Waals surface area contributed by atoms with Crippen molar-refractivity contribution in [3.63, 3.8) is 0 Å². The van der Waals surface area contributed by atoms with Gasteiger partial charge in [0.2, 0.25) is 6.10 Å². The molecule has 0 bridgehead atoms. The van der Waals surface area contributed by atoms with Crippen molar-refractivity contribution in [1.82, 2.24) is 5.32 Å². The number of hydrogen-bond acceptors (Lipinski definition) is 7. The number of alkyl carbamates (subject to hydrolysis) is 1. The van der Waals surface area contributed by atoms with E-state index in [1.807, 2.05) is 5.32 Å². The zero-order valence-corrected chi connectivity index (χ0v) is 8.78. The molecule has 2 saturated heterocycles. The fourth-order valence-corrected chi connectivity index (χ4v) is 1.94. The highest BCUT2D eigenvalue weighted by molar-refractivity contribution is 6.00. The topological polar surface area (TPSA) is 125 Å². The van der Waals surface area contributed by atoms with Gasteiger partial charge in [-0.05, 0) is 0 Å². The van der Waals surface area contributed by atoms with Crippen LogP contribution in [0, 0.1) is 0 Å². The van der Waals surface area contributed by atoms with E-state index in [4.69, 9.17) is 9.84 Å². The Hall–Kier alpha value is -1.22. The minimum Gasteiger partial charge on any atom is -0.433 e. The van der Waals surface area contributed by atoms with Gasteiger partial charge in [-0.15, -0.1) is 0 Å². The molecule has 0 aliphatic carbocycles. The van der Waals surface area contributed by atoms with Gasteiger partial charge in [0, 0.05) is 6.42 Å². The monoisotopic (exact) mass is 247 g/mol. The highest BCUT2D eigenvalue weighted by Crippen LogP contribution is 2.25. The molecule has 0 aromatic heterocycles. The fraction of sp³-hybridized carbons (Fsp3) is 0.778. The molecule has 2 fully saturated rings. The maximum absolute atomic E-state index is 11.3. The standard InChI is InChI=1S/C9H13NO7/c11-2-3-1-4(12)5(13)6(16-3)7-8(14)10-9(15)17-7/h3-7,11-13H,1-2H2,(H,10,14,15). The molecule has 0 aromatic rings. The van der Waals surface area contributed by atoms with Crippen LogP contribution in [0.25, 0.3) is 0 Å². The smallest absolute Gasteiger partial charge is 0.414 e. The molecule has 0 radical (unpaired) electrons. The second-order valence-corrected chi connectivity index (χ2v) is 4.01. The Bertz CT molecular complexity index is 333. The molecule has 0 saturated carbocycles. The summed E-state index contributed by atoms with van der Waals surface area (Å²) in [6.45, 7) is -0.359. The van der Waals surface area contributed by atoms with Crippen LogP contribution in [0.3, 0.4) is 0 Å². The van der Waals surface area contributed by atoms with Crippen molar-refractivity contribution in [1.29, 1.82) is 0 Å². The predicted octanol–water partition coefficient (Wildman–Crippen LogP) is -2.51. The summed E-state index contributed by atoms with van der Waals surface area (Å²) >= 11 is 0. The molecule has 17 heavy (non-hydrogen) atoms. The first-order valence-electron chi connectivity index (χ1n) is 5.17. The van der Waals surface area contributed by atoms with Gasteiger partial charge in [0.05, 0.1) is 18.8 Å². The maximum atomic E-state index is 11.3. The molecule has 8 nitrogen and oxygen atoms in total. The van der Waals surface area contributed by atoms with Crippen molar-refractivity contribution in [3.8, 4) is 0 Å². The lowest BCUT2D eigenvalue weighted by atomic mass is 9.94. The number of ether oxygens (including phenoxy) is 2. The molecule has 2 amide bonds. The van der Waals surface area contributed by atoms with E-state index in [2.05, 4.69) is 4.74 Å². The molecule has 2 aliphatic heterocycles. The first kappa shape index (κ1) is 12.2. The van der Waals surface area contributed by atoms with Gasteiger partial charge in [0.15, 0.2) is 0 Å². The molecule has 0 aromatic carbocycles. The zero-order chi connectivity index (χ0) is 12.6. The maximum Gasteiger partial charge on any atom is 0.414 e. The fourth-order valence-electron chi connectivity index (χ4n) is 1.94. The Balaban J connectivity index is 2.12. The van der Waals surface area contributed by atoms with Gasteiger partial charge in [-0.25, -0.2) is 4.79 Å². The van der Waals surface area contributed by atoms with Crippen molar-refractivity contribution in [2.24, 2.45) is 0 Å². The molecule has 0 spiro atoms. The van der Waals surface area contributed by atoms with Gasteiger partial charge in [-0.1, -0.05) is 0 Å². The van der Waals surface area contributed by atoms with Gasteiger partial charge in [-0.2, -0.15) is 0 Å². The van der Waals surface area contributed by atoms with Crippen LogP contribution in [0.4, 0.5) is 4.79 Å². The lowest BCUT2D eigenvalue weighted by molar-refractivity contribution is -0.201. The number of nitrogens with one attached hydrogen (secondary N) is 1. The van der Waals surface area contributed by atoms with Crippen LogP contribution < -0.4 is 5.32 Å². The van der Waals surface area contributed by atoms with Crippen LogP contribution in [0.1, 0.15) is 6.42 Å². The van der Waals surface area contributed by atoms with E-state index in [-0.39, 0.29) is 13.0 Å². The molecular weight excluding hydrogens is 234 g/mol. The van der Waals surface area contributed by atoms with Crippen LogP contribution in [-0.4, -0.2) is 64.4 Å². The van der Waals surface area contributed by atoms with E-state index in [9.17, 15) is 19.8 Å². The number of carbonyl (C=O) groups excluding carboxylic acids is 2. The number of carbonyl (C=O) groups is 2. The van der Waals surface area contributed by atoms with Gasteiger partial charge in [0.1, 0.15) is 12.2 Å². The van der Waals surface area contributed by atoms with E-state index in [0.29, 0.717) is 0 Å². The summed E-state index contributed by atoms with van der Waals surface area (Å²) in [5.41, 5.74) is 0. The average molecular weight is 247 g/mol. The van der Waals surface area contributed by atoms with Crippen LogP contribution in [0.5, 0.6) is 0 Å². The Morgan fingerprint density at radius 1 is 1.35 bits per heavy atom. The normalized spacial score (nSPS) is 42.2. The quantitative estimate of drug-likeness (QED) is 0.424. The molecular formula is C9H13NO7. The van der Waals surface area contributed by atoms with E-state index in [0.717, 1.165) is 0 Å². The molecule has 8 heteroatoms. The molecule has 96 valence electrons. The summed E-state index contributed by atoms with van der Waals surface area (Å²) < 4.78 is 9.87. The summed E-state index contributed by atoms with van der Waals surface area (Å²) in [6, 6.07) is 0. The molecule has 4 N–H and O–H groups in total. The highest BCUT2D eigenvalue weighted by Gasteiger charge is 2.48. The number of cyclic esters (lactones) is 1. The van der Waals surface area contributed by atoms with Gasteiger partial charge < -0.3 is 24.8 Å². The van der Waals surface area contributed by atoms with Gasteiger partial charge in [0.25, 0.3) is 5.91 Å². The van der Waals surface area contributed by atoms with Crippen LogP contribution >= 0.6 is 0 Å².